The maximum absolute atomic E-state index is 12.8. The molecule has 2 aromatic carbocycles. The van der Waals surface area contributed by atoms with Gasteiger partial charge in [-0.25, -0.2) is 21.1 Å². The molecule has 0 radical (unpaired) electrons. The topological polar surface area (TPSA) is 113 Å². The summed E-state index contributed by atoms with van der Waals surface area (Å²) in [6.07, 6.45) is 3.71. The van der Waals surface area contributed by atoms with Gasteiger partial charge in [0.1, 0.15) is 12.4 Å². The lowest BCUT2D eigenvalue weighted by Gasteiger charge is -2.30. The van der Waals surface area contributed by atoms with Gasteiger partial charge in [0.15, 0.2) is 0 Å². The average Bonchev–Trinajstić information content (AvgIpc) is 2.93. The molecule has 0 saturated carbocycles. The molecule has 1 N–H and O–H groups in total. The molecule has 0 unspecified atom stereocenters. The van der Waals surface area contributed by atoms with Crippen LogP contribution < -0.4 is 10.1 Å². The van der Waals surface area contributed by atoms with E-state index in [4.69, 9.17) is 16.3 Å². The summed E-state index contributed by atoms with van der Waals surface area (Å²) >= 11 is 6.12. The Morgan fingerprint density at radius 1 is 0.895 bits per heavy atom. The maximum atomic E-state index is 12.8. The van der Waals surface area contributed by atoms with Gasteiger partial charge in [0.2, 0.25) is 26.0 Å². The van der Waals surface area contributed by atoms with E-state index in [1.165, 1.54) is 8.61 Å². The van der Waals surface area contributed by atoms with Crippen LogP contribution in [0, 0.1) is 5.92 Å². The third kappa shape index (κ3) is 7.26. The van der Waals surface area contributed by atoms with Crippen LogP contribution in [0.2, 0.25) is 5.02 Å². The van der Waals surface area contributed by atoms with E-state index in [9.17, 15) is 21.6 Å². The summed E-state index contributed by atoms with van der Waals surface area (Å²) in [7, 11) is -7.01. The predicted octanol–water partition coefficient (Wildman–Crippen LogP) is 3.25. The first-order valence-corrected chi connectivity index (χ1v) is 16.3. The molecule has 2 aliphatic rings. The van der Waals surface area contributed by atoms with Crippen molar-refractivity contribution in [3.05, 3.63) is 59.1 Å². The van der Waals surface area contributed by atoms with E-state index in [0.717, 1.165) is 19.3 Å². The van der Waals surface area contributed by atoms with Gasteiger partial charge in [-0.2, -0.15) is 4.31 Å². The van der Waals surface area contributed by atoms with Crippen molar-refractivity contribution >= 4 is 37.6 Å². The van der Waals surface area contributed by atoms with Crippen molar-refractivity contribution in [2.75, 3.05) is 39.3 Å². The van der Waals surface area contributed by atoms with Gasteiger partial charge in [-0.05, 0) is 61.6 Å². The Balaban J connectivity index is 1.18. The number of carbonyl (C=O) groups excluding carboxylic acids is 1. The quantitative estimate of drug-likeness (QED) is 0.430. The fourth-order valence-electron chi connectivity index (χ4n) is 4.75. The molecular formula is C26H34ClN3O6S2. The fourth-order valence-corrected chi connectivity index (χ4v) is 8.14. The Bertz CT molecular complexity index is 1300. The second-order valence-electron chi connectivity index (χ2n) is 9.60. The molecule has 2 heterocycles. The summed E-state index contributed by atoms with van der Waals surface area (Å²) in [4.78, 5) is 12.8. The molecule has 2 fully saturated rings. The third-order valence-corrected chi connectivity index (χ3v) is 11.1. The molecule has 0 atom stereocenters. The molecule has 0 bridgehead atoms. The van der Waals surface area contributed by atoms with Crippen molar-refractivity contribution < 1.29 is 26.4 Å². The van der Waals surface area contributed by atoms with Gasteiger partial charge in [0.25, 0.3) is 0 Å². The normalized spacial score (nSPS) is 18.2. The summed E-state index contributed by atoms with van der Waals surface area (Å²) in [5.41, 5.74) is 0.562. The molecule has 2 aromatic rings. The number of ether oxygens (including phenoxy) is 1. The molecule has 0 aliphatic carbocycles. The molecule has 12 heteroatoms. The number of benzene rings is 2. The van der Waals surface area contributed by atoms with Crippen LogP contribution in [0.1, 0.15) is 37.7 Å². The molecule has 208 valence electrons. The summed E-state index contributed by atoms with van der Waals surface area (Å²) in [6, 6.07) is 13.2. The van der Waals surface area contributed by atoms with Crippen molar-refractivity contribution in [1.29, 1.82) is 0 Å². The molecule has 0 aromatic heterocycles. The van der Waals surface area contributed by atoms with Crippen LogP contribution >= 0.6 is 11.6 Å². The lowest BCUT2D eigenvalue weighted by molar-refractivity contribution is -0.126. The molecule has 9 nitrogen and oxygen atoms in total. The molecule has 38 heavy (non-hydrogen) atoms. The third-order valence-electron chi connectivity index (χ3n) is 6.96. The lowest BCUT2D eigenvalue weighted by atomic mass is 9.97. The Kier molecular flexibility index (Phi) is 9.69. The molecule has 1 amide bonds. The zero-order chi connectivity index (χ0) is 27.2. The minimum absolute atomic E-state index is 0.125. The van der Waals surface area contributed by atoms with Crippen LogP contribution in [-0.2, 0) is 30.6 Å². The summed E-state index contributed by atoms with van der Waals surface area (Å²) in [5.74, 6) is -0.0267. The lowest BCUT2D eigenvalue weighted by Crippen LogP contribution is -2.44. The molecule has 2 aliphatic heterocycles. The van der Waals surface area contributed by atoms with E-state index < -0.39 is 20.0 Å². The number of amides is 1. The van der Waals surface area contributed by atoms with Gasteiger partial charge in [-0.15, -0.1) is 0 Å². The number of nitrogens with one attached hydrogen (secondary N) is 1. The van der Waals surface area contributed by atoms with Gasteiger partial charge in [0.05, 0.1) is 17.2 Å². The van der Waals surface area contributed by atoms with E-state index >= 15 is 0 Å². The summed E-state index contributed by atoms with van der Waals surface area (Å²) in [6.45, 7) is 2.20. The van der Waals surface area contributed by atoms with Crippen LogP contribution in [0.3, 0.4) is 0 Å². The van der Waals surface area contributed by atoms with Crippen molar-refractivity contribution in [3.8, 4) is 5.75 Å². The number of nitrogens with zero attached hydrogens (tertiary/aromatic N) is 2. The van der Waals surface area contributed by atoms with Crippen LogP contribution in [0.15, 0.2) is 53.4 Å². The smallest absolute Gasteiger partial charge is 0.243 e. The van der Waals surface area contributed by atoms with Crippen molar-refractivity contribution in [3.63, 3.8) is 0 Å². The van der Waals surface area contributed by atoms with E-state index in [2.05, 4.69) is 5.32 Å². The molecule has 4 rings (SSSR count). The number of sulfonamides is 2. The highest BCUT2D eigenvalue weighted by Crippen LogP contribution is 2.25. The molecule has 0 spiro atoms. The zero-order valence-corrected chi connectivity index (χ0v) is 23.6. The van der Waals surface area contributed by atoms with Crippen LogP contribution in [0.25, 0.3) is 0 Å². The van der Waals surface area contributed by atoms with Gasteiger partial charge in [-0.1, -0.05) is 36.2 Å². The minimum atomic E-state index is -3.52. The highest BCUT2D eigenvalue weighted by atomic mass is 35.5. The van der Waals surface area contributed by atoms with Crippen LogP contribution in [-0.4, -0.2) is 70.7 Å². The highest BCUT2D eigenvalue weighted by molar-refractivity contribution is 7.89. The number of hydrogen-bond donors (Lipinski definition) is 1. The number of halogens is 1. The average molecular weight is 584 g/mol. The molecular weight excluding hydrogens is 550 g/mol. The Morgan fingerprint density at radius 3 is 2.21 bits per heavy atom. The first kappa shape index (κ1) is 28.8. The van der Waals surface area contributed by atoms with Gasteiger partial charge >= 0.3 is 0 Å². The number of hydrogen-bond acceptors (Lipinski definition) is 6. The Labute approximate surface area is 230 Å². The van der Waals surface area contributed by atoms with Crippen molar-refractivity contribution in [2.45, 2.75) is 42.8 Å². The summed E-state index contributed by atoms with van der Waals surface area (Å²) < 4.78 is 59.7. The largest absolute Gasteiger partial charge is 0.492 e. The summed E-state index contributed by atoms with van der Waals surface area (Å²) in [5, 5.41) is 3.27. The first-order valence-electron chi connectivity index (χ1n) is 12.9. The Morgan fingerprint density at radius 2 is 1.55 bits per heavy atom. The minimum Gasteiger partial charge on any atom is -0.492 e. The second kappa shape index (κ2) is 12.8. The molecule has 2 saturated heterocycles. The van der Waals surface area contributed by atoms with E-state index in [-0.39, 0.29) is 48.7 Å². The SMILES string of the molecule is O=C(NCCOc1ccc(S(=O)(=O)N2CCCCC2)cc1)C1CCN(S(=O)(=O)Cc2ccccc2Cl)CC1. The monoisotopic (exact) mass is 583 g/mol. The van der Waals surface area contributed by atoms with Gasteiger partial charge in [0, 0.05) is 37.1 Å². The Hall–Kier alpha value is -2.18. The van der Waals surface area contributed by atoms with E-state index in [1.54, 1.807) is 48.5 Å². The standard InChI is InChI=1S/C26H34ClN3O6S2/c27-25-7-3-2-6-22(25)20-37(32,33)29-17-12-21(13-18-29)26(31)28-14-19-36-23-8-10-24(11-9-23)38(34,35)30-15-4-1-5-16-30/h2-3,6-11,21H,1,4-5,12-20H2,(H,28,31). The number of piperidine rings is 2. The van der Waals surface area contributed by atoms with Crippen LogP contribution in [0.5, 0.6) is 5.75 Å². The van der Waals surface area contributed by atoms with Gasteiger partial charge < -0.3 is 10.1 Å². The highest BCUT2D eigenvalue weighted by Gasteiger charge is 2.31. The first-order chi connectivity index (χ1) is 18.2. The van der Waals surface area contributed by atoms with Crippen molar-refractivity contribution in [1.82, 2.24) is 13.9 Å². The van der Waals surface area contributed by atoms with Crippen LogP contribution in [0.4, 0.5) is 0 Å². The van der Waals surface area contributed by atoms with E-state index in [0.29, 0.717) is 42.3 Å². The predicted molar refractivity (Wildman–Crippen MR) is 146 cm³/mol. The van der Waals surface area contributed by atoms with Crippen molar-refractivity contribution in [2.24, 2.45) is 5.92 Å². The van der Waals surface area contributed by atoms with Gasteiger partial charge in [-0.3, -0.25) is 4.79 Å². The zero-order valence-electron chi connectivity index (χ0n) is 21.2. The second-order valence-corrected chi connectivity index (χ2v) is 13.9. The van der Waals surface area contributed by atoms with E-state index in [1.807, 2.05) is 0 Å². The fraction of sp³-hybridized carbons (Fsp3) is 0.500. The maximum Gasteiger partial charge on any atom is 0.243 e. The number of carbonyl (C=O) groups is 1. The number of rotatable bonds is 10.